The van der Waals surface area contributed by atoms with E-state index < -0.39 is 9.84 Å². The third-order valence-electron chi connectivity index (χ3n) is 4.87. The number of benzene rings is 2. The summed E-state index contributed by atoms with van der Waals surface area (Å²) >= 11 is 0. The van der Waals surface area contributed by atoms with Gasteiger partial charge in [-0.15, -0.1) is 0 Å². The highest BCUT2D eigenvalue weighted by molar-refractivity contribution is 7.90. The highest BCUT2D eigenvalue weighted by Crippen LogP contribution is 2.20. The van der Waals surface area contributed by atoms with Gasteiger partial charge in [-0.1, -0.05) is 30.3 Å². The van der Waals surface area contributed by atoms with Gasteiger partial charge in [-0.05, 0) is 55.1 Å². The van der Waals surface area contributed by atoms with E-state index in [-0.39, 0.29) is 11.7 Å². The summed E-state index contributed by atoms with van der Waals surface area (Å²) in [6.07, 6.45) is 1.84. The zero-order valence-electron chi connectivity index (χ0n) is 14.7. The molecule has 3 rings (SSSR count). The van der Waals surface area contributed by atoms with Crippen LogP contribution in [0.15, 0.2) is 59.5 Å². The van der Waals surface area contributed by atoms with Crippen molar-refractivity contribution < 1.29 is 13.2 Å². The molecule has 1 aliphatic rings. The van der Waals surface area contributed by atoms with E-state index in [2.05, 4.69) is 0 Å². The minimum Gasteiger partial charge on any atom is -0.339 e. The van der Waals surface area contributed by atoms with Crippen molar-refractivity contribution >= 4 is 15.7 Å². The third kappa shape index (κ3) is 4.31. The Labute approximate surface area is 154 Å². The lowest BCUT2D eigenvalue weighted by Gasteiger charge is -2.31. The van der Waals surface area contributed by atoms with E-state index in [1.807, 2.05) is 4.90 Å². The van der Waals surface area contributed by atoms with Gasteiger partial charge in [0.15, 0.2) is 9.84 Å². The van der Waals surface area contributed by atoms with Crippen molar-refractivity contribution in [3.63, 3.8) is 0 Å². The third-order valence-corrected chi connectivity index (χ3v) is 6.57. The van der Waals surface area contributed by atoms with Crippen LogP contribution in [0.5, 0.6) is 0 Å². The summed E-state index contributed by atoms with van der Waals surface area (Å²) in [5, 5.41) is 0. The van der Waals surface area contributed by atoms with Crippen LogP contribution in [0.1, 0.15) is 28.8 Å². The van der Waals surface area contributed by atoms with Crippen LogP contribution in [0.2, 0.25) is 0 Å². The fraction of sp³-hybridized carbons (Fsp3) is 0.350. The number of carbonyl (C=O) groups is 1. The quantitative estimate of drug-likeness (QED) is 0.874. The molecule has 2 N–H and O–H groups in total. The number of likely N-dealkylation sites (tertiary alicyclic amines) is 1. The van der Waals surface area contributed by atoms with Crippen molar-refractivity contribution in [2.24, 2.45) is 11.7 Å². The summed E-state index contributed by atoms with van der Waals surface area (Å²) in [6.45, 7) is 2.06. The topological polar surface area (TPSA) is 80.5 Å². The van der Waals surface area contributed by atoms with Crippen LogP contribution in [0, 0.1) is 5.92 Å². The number of nitrogens with two attached hydrogens (primary N) is 1. The molecule has 1 saturated heterocycles. The van der Waals surface area contributed by atoms with Crippen LogP contribution in [0.25, 0.3) is 0 Å². The maximum atomic E-state index is 12.7. The molecule has 26 heavy (non-hydrogen) atoms. The Morgan fingerprint density at radius 3 is 2.38 bits per heavy atom. The first kappa shape index (κ1) is 18.6. The van der Waals surface area contributed by atoms with Crippen molar-refractivity contribution in [3.8, 4) is 0 Å². The number of nitrogens with zero attached hydrogens (tertiary/aromatic N) is 1. The first-order valence-electron chi connectivity index (χ1n) is 8.85. The van der Waals surface area contributed by atoms with E-state index in [1.165, 1.54) is 0 Å². The number of hydrogen-bond acceptors (Lipinski definition) is 4. The molecule has 0 aromatic heterocycles. The summed E-state index contributed by atoms with van der Waals surface area (Å²) in [5.41, 5.74) is 6.86. The van der Waals surface area contributed by atoms with Crippen LogP contribution in [0.3, 0.4) is 0 Å². The number of piperidine rings is 1. The molecule has 0 radical (unpaired) electrons. The van der Waals surface area contributed by atoms with Crippen molar-refractivity contribution in [1.29, 1.82) is 0 Å². The summed E-state index contributed by atoms with van der Waals surface area (Å²) < 4.78 is 25.1. The number of hydrogen-bond donors (Lipinski definition) is 1. The van der Waals surface area contributed by atoms with Crippen molar-refractivity contribution in [1.82, 2.24) is 4.90 Å². The van der Waals surface area contributed by atoms with Gasteiger partial charge in [-0.2, -0.15) is 0 Å². The Balaban J connectivity index is 1.73. The van der Waals surface area contributed by atoms with E-state index >= 15 is 0 Å². The predicted molar refractivity (Wildman–Crippen MR) is 101 cm³/mol. The minimum atomic E-state index is -3.43. The molecule has 5 nitrogen and oxygen atoms in total. The summed E-state index contributed by atoms with van der Waals surface area (Å²) in [4.78, 5) is 14.9. The summed E-state index contributed by atoms with van der Waals surface area (Å²) in [6, 6.07) is 15.3. The van der Waals surface area contributed by atoms with Crippen LogP contribution >= 0.6 is 0 Å². The highest BCUT2D eigenvalue weighted by atomic mass is 32.2. The molecule has 0 spiro atoms. The molecule has 2 aromatic rings. The van der Waals surface area contributed by atoms with E-state index in [9.17, 15) is 13.2 Å². The average molecular weight is 372 g/mol. The molecule has 1 heterocycles. The van der Waals surface area contributed by atoms with E-state index in [0.29, 0.717) is 41.6 Å². The van der Waals surface area contributed by atoms with E-state index in [0.717, 1.165) is 12.8 Å². The van der Waals surface area contributed by atoms with E-state index in [4.69, 9.17) is 5.73 Å². The molecule has 1 aliphatic heterocycles. The molecule has 0 bridgehead atoms. The van der Waals surface area contributed by atoms with Crippen LogP contribution in [-0.4, -0.2) is 38.9 Å². The molecule has 0 unspecified atom stereocenters. The van der Waals surface area contributed by atoms with E-state index in [1.54, 1.807) is 54.6 Å². The largest absolute Gasteiger partial charge is 0.339 e. The molecule has 1 fully saturated rings. The van der Waals surface area contributed by atoms with Gasteiger partial charge in [0.2, 0.25) is 0 Å². The Kier molecular flexibility index (Phi) is 5.74. The standard InChI is InChI=1S/C20H24N2O3S/c21-14-16-9-11-22(12-10-16)20(23)18-6-4-5-17(13-18)15-26(24,25)19-7-2-1-3-8-19/h1-8,13,16H,9-12,14-15,21H2. The van der Waals surface area contributed by atoms with Gasteiger partial charge in [0, 0.05) is 18.7 Å². The van der Waals surface area contributed by atoms with Gasteiger partial charge >= 0.3 is 0 Å². The molecule has 6 heteroatoms. The SMILES string of the molecule is NCC1CCN(C(=O)c2cccc(CS(=O)(=O)c3ccccc3)c2)CC1. The number of rotatable bonds is 5. The first-order chi connectivity index (χ1) is 12.5. The summed E-state index contributed by atoms with van der Waals surface area (Å²) in [7, 11) is -3.43. The van der Waals surface area contributed by atoms with Gasteiger partial charge < -0.3 is 10.6 Å². The molecule has 0 aliphatic carbocycles. The Morgan fingerprint density at radius 2 is 1.73 bits per heavy atom. The van der Waals surface area contributed by atoms with Gasteiger partial charge in [-0.25, -0.2) is 8.42 Å². The predicted octanol–water partition coefficient (Wildman–Crippen LogP) is 2.47. The normalized spacial score (nSPS) is 15.8. The van der Waals surface area contributed by atoms with Crippen LogP contribution < -0.4 is 5.73 Å². The number of carbonyl (C=O) groups excluding carboxylic acids is 1. The monoisotopic (exact) mass is 372 g/mol. The number of amides is 1. The Bertz CT molecular complexity index is 858. The molecule has 138 valence electrons. The van der Waals surface area contributed by atoms with Crippen molar-refractivity contribution in [2.75, 3.05) is 19.6 Å². The molecule has 0 atom stereocenters. The lowest BCUT2D eigenvalue weighted by atomic mass is 9.96. The second kappa shape index (κ2) is 8.01. The second-order valence-electron chi connectivity index (χ2n) is 6.74. The first-order valence-corrected chi connectivity index (χ1v) is 10.5. The summed E-state index contributed by atoms with van der Waals surface area (Å²) in [5.74, 6) is 0.328. The zero-order valence-corrected chi connectivity index (χ0v) is 15.5. The Morgan fingerprint density at radius 1 is 1.04 bits per heavy atom. The molecular formula is C20H24N2O3S. The van der Waals surface area contributed by atoms with Crippen molar-refractivity contribution in [3.05, 3.63) is 65.7 Å². The fourth-order valence-electron chi connectivity index (χ4n) is 3.28. The Hall–Kier alpha value is -2.18. The number of sulfone groups is 1. The van der Waals surface area contributed by atoms with Gasteiger partial charge in [0.05, 0.1) is 10.6 Å². The average Bonchev–Trinajstić information content (AvgIpc) is 2.68. The zero-order chi connectivity index (χ0) is 18.6. The molecule has 2 aromatic carbocycles. The minimum absolute atomic E-state index is 0.0422. The smallest absolute Gasteiger partial charge is 0.253 e. The van der Waals surface area contributed by atoms with Crippen LogP contribution in [-0.2, 0) is 15.6 Å². The highest BCUT2D eigenvalue weighted by Gasteiger charge is 2.23. The van der Waals surface area contributed by atoms with Crippen molar-refractivity contribution in [2.45, 2.75) is 23.5 Å². The maximum absolute atomic E-state index is 12.7. The van der Waals surface area contributed by atoms with Gasteiger partial charge in [0.1, 0.15) is 0 Å². The molecular weight excluding hydrogens is 348 g/mol. The van der Waals surface area contributed by atoms with Crippen LogP contribution in [0.4, 0.5) is 0 Å². The molecule has 1 amide bonds. The second-order valence-corrected chi connectivity index (χ2v) is 8.73. The maximum Gasteiger partial charge on any atom is 0.253 e. The van der Waals surface area contributed by atoms with Gasteiger partial charge in [0.25, 0.3) is 5.91 Å². The molecule has 0 saturated carbocycles. The lowest BCUT2D eigenvalue weighted by Crippen LogP contribution is -2.40. The van der Waals surface area contributed by atoms with Gasteiger partial charge in [-0.3, -0.25) is 4.79 Å². The lowest BCUT2D eigenvalue weighted by molar-refractivity contribution is 0.0693. The fourth-order valence-corrected chi connectivity index (χ4v) is 4.64.